The largest absolute Gasteiger partial charge is 0.344 e. The van der Waals surface area contributed by atoms with Gasteiger partial charge in [0.2, 0.25) is 5.69 Å². The van der Waals surface area contributed by atoms with E-state index in [1.165, 1.54) is 11.1 Å². The first-order chi connectivity index (χ1) is 22.1. The number of rotatable bonds is 10. The highest BCUT2D eigenvalue weighted by atomic mass is 32.2. The fraction of sp³-hybridized carbons (Fsp3) is 0.324. The number of allylic oxidation sites excluding steroid dienone is 4. The molecule has 0 unspecified atom stereocenters. The zero-order chi connectivity index (χ0) is 33.8. The Morgan fingerprint density at radius 1 is 0.723 bits per heavy atom. The van der Waals surface area contributed by atoms with Crippen LogP contribution >= 0.6 is 0 Å². The molecular formula is C37H41N2O6S2+. The predicted molar refractivity (Wildman–Crippen MR) is 190 cm³/mol. The maximum atomic E-state index is 11.6. The third-order valence-electron chi connectivity index (χ3n) is 9.58. The van der Waals surface area contributed by atoms with Gasteiger partial charge in [0.1, 0.15) is 6.54 Å². The van der Waals surface area contributed by atoms with Crippen molar-refractivity contribution >= 4 is 58.9 Å². The molecule has 2 aliphatic rings. The summed E-state index contributed by atoms with van der Waals surface area (Å²) >= 11 is 0. The van der Waals surface area contributed by atoms with Crippen LogP contribution in [0.2, 0.25) is 0 Å². The smallest absolute Gasteiger partial charge is 0.265 e. The monoisotopic (exact) mass is 673 g/mol. The number of hydrogen-bond acceptors (Lipinski definition) is 5. The Bertz CT molecular complexity index is 2210. The molecular weight excluding hydrogens is 633 g/mol. The van der Waals surface area contributed by atoms with Crippen LogP contribution in [0.5, 0.6) is 0 Å². The van der Waals surface area contributed by atoms with E-state index in [4.69, 9.17) is 0 Å². The Morgan fingerprint density at radius 2 is 1.30 bits per heavy atom. The molecule has 0 aromatic heterocycles. The summed E-state index contributed by atoms with van der Waals surface area (Å²) in [6.45, 7) is 9.53. The van der Waals surface area contributed by atoms with Crippen molar-refractivity contribution in [1.82, 2.24) is 0 Å². The molecule has 0 atom stereocenters. The van der Waals surface area contributed by atoms with E-state index in [1.807, 2.05) is 30.3 Å². The third-order valence-corrected chi connectivity index (χ3v) is 11.2. The lowest BCUT2D eigenvalue weighted by Crippen LogP contribution is -2.29. The van der Waals surface area contributed by atoms with Gasteiger partial charge in [0.25, 0.3) is 20.2 Å². The lowest BCUT2D eigenvalue weighted by molar-refractivity contribution is -0.437. The molecule has 246 valence electrons. The molecule has 10 heteroatoms. The van der Waals surface area contributed by atoms with Crippen LogP contribution in [0.1, 0.15) is 51.7 Å². The van der Waals surface area contributed by atoms with Crippen molar-refractivity contribution in [3.8, 4) is 0 Å². The molecule has 6 rings (SSSR count). The Balaban J connectivity index is 1.45. The average Bonchev–Trinajstić information content (AvgIpc) is 3.35. The fourth-order valence-corrected chi connectivity index (χ4v) is 8.58. The number of nitrogens with zero attached hydrogens (tertiary/aromatic N) is 2. The molecule has 0 fully saturated rings. The van der Waals surface area contributed by atoms with E-state index in [9.17, 15) is 25.9 Å². The van der Waals surface area contributed by atoms with Gasteiger partial charge in [-0.3, -0.25) is 9.11 Å². The molecule has 2 aliphatic heterocycles. The quantitative estimate of drug-likeness (QED) is 0.136. The van der Waals surface area contributed by atoms with Gasteiger partial charge in [-0.25, -0.2) is 0 Å². The van der Waals surface area contributed by atoms with Gasteiger partial charge in [-0.05, 0) is 65.6 Å². The Kier molecular flexibility index (Phi) is 8.45. The number of anilines is 1. The van der Waals surface area contributed by atoms with Gasteiger partial charge in [-0.1, -0.05) is 74.5 Å². The van der Waals surface area contributed by atoms with Gasteiger partial charge >= 0.3 is 0 Å². The summed E-state index contributed by atoms with van der Waals surface area (Å²) in [4.78, 5) is 2.16. The van der Waals surface area contributed by atoms with Crippen LogP contribution in [0.25, 0.3) is 21.5 Å². The molecule has 0 radical (unpaired) electrons. The zero-order valence-electron chi connectivity index (χ0n) is 27.1. The third kappa shape index (κ3) is 6.27. The van der Waals surface area contributed by atoms with E-state index < -0.39 is 31.1 Å². The highest BCUT2D eigenvalue weighted by molar-refractivity contribution is 7.86. The predicted octanol–water partition coefficient (Wildman–Crippen LogP) is 7.16. The fourth-order valence-electron chi connectivity index (χ4n) is 7.59. The minimum Gasteiger partial charge on any atom is -0.344 e. The SMILES string of the molecule is CC1(C)C(/C=C/C=C2/N(CCCS(=O)(=O)O)c3ccc4ccccc4c3C2(C)C)=[N+](CCCS(=O)(=O)O)c2ccc3ccccc3c21. The highest BCUT2D eigenvalue weighted by Gasteiger charge is 2.46. The molecule has 0 amide bonds. The lowest BCUT2D eigenvalue weighted by atomic mass is 9.79. The summed E-state index contributed by atoms with van der Waals surface area (Å²) in [6, 6.07) is 24.9. The molecule has 4 aromatic rings. The zero-order valence-corrected chi connectivity index (χ0v) is 28.8. The van der Waals surface area contributed by atoms with Gasteiger partial charge in [-0.15, -0.1) is 0 Å². The maximum absolute atomic E-state index is 11.6. The molecule has 4 aromatic carbocycles. The van der Waals surface area contributed by atoms with E-state index in [2.05, 4.69) is 97.9 Å². The molecule has 47 heavy (non-hydrogen) atoms. The highest BCUT2D eigenvalue weighted by Crippen LogP contribution is 2.51. The van der Waals surface area contributed by atoms with Crippen molar-refractivity contribution in [1.29, 1.82) is 0 Å². The van der Waals surface area contributed by atoms with E-state index in [0.717, 1.165) is 44.3 Å². The van der Waals surface area contributed by atoms with Crippen molar-refractivity contribution in [3.63, 3.8) is 0 Å². The molecule has 0 saturated heterocycles. The Hall–Kier alpha value is -3.83. The lowest BCUT2D eigenvalue weighted by Gasteiger charge is -2.27. The Labute approximate surface area is 277 Å². The summed E-state index contributed by atoms with van der Waals surface area (Å²) in [7, 11) is -8.20. The molecule has 0 bridgehead atoms. The second kappa shape index (κ2) is 12.0. The summed E-state index contributed by atoms with van der Waals surface area (Å²) in [5, 5.41) is 4.53. The van der Waals surface area contributed by atoms with Crippen molar-refractivity contribution in [2.75, 3.05) is 29.5 Å². The van der Waals surface area contributed by atoms with Crippen LogP contribution in [0.4, 0.5) is 11.4 Å². The van der Waals surface area contributed by atoms with Crippen LogP contribution in [0, 0.1) is 0 Å². The van der Waals surface area contributed by atoms with Gasteiger partial charge in [0.05, 0.1) is 16.9 Å². The summed E-state index contributed by atoms with van der Waals surface area (Å²) in [5.41, 5.74) is 5.56. The first-order valence-electron chi connectivity index (χ1n) is 15.9. The molecule has 0 aliphatic carbocycles. The standard InChI is InChI=1S/C37H40N2O6S2/c1-36(2)32(38(22-10-24-46(40,41)42)30-20-18-26-12-5-7-14-28(26)34(30)36)16-9-17-33-37(3,4)35-29-15-8-6-13-27(29)19-21-31(35)39(33)23-11-25-47(43,44)45/h5-9,12-21H,10-11,22-25H2,1-4H3,(H-,40,41,42,43,44,45)/p+1. The molecule has 2 heterocycles. The Morgan fingerprint density at radius 3 is 1.94 bits per heavy atom. The van der Waals surface area contributed by atoms with Crippen LogP contribution in [0.15, 0.2) is 96.7 Å². The van der Waals surface area contributed by atoms with Crippen LogP contribution in [-0.4, -0.2) is 60.8 Å². The van der Waals surface area contributed by atoms with Gasteiger partial charge in [0, 0.05) is 47.5 Å². The van der Waals surface area contributed by atoms with Crippen LogP contribution in [-0.2, 0) is 31.1 Å². The van der Waals surface area contributed by atoms with Crippen LogP contribution in [0.3, 0.4) is 0 Å². The molecule has 2 N–H and O–H groups in total. The van der Waals surface area contributed by atoms with Gasteiger partial charge < -0.3 is 4.90 Å². The molecule has 0 spiro atoms. The molecule has 0 saturated carbocycles. The normalized spacial score (nSPS) is 18.2. The van der Waals surface area contributed by atoms with Crippen molar-refractivity contribution in [2.24, 2.45) is 0 Å². The number of benzene rings is 4. The minimum atomic E-state index is -4.10. The molecule has 8 nitrogen and oxygen atoms in total. The topological polar surface area (TPSA) is 115 Å². The van der Waals surface area contributed by atoms with Crippen molar-refractivity contribution in [3.05, 3.63) is 108 Å². The summed E-state index contributed by atoms with van der Waals surface area (Å²) in [5.74, 6) is -0.653. The van der Waals surface area contributed by atoms with E-state index in [1.54, 1.807) is 0 Å². The van der Waals surface area contributed by atoms with E-state index in [0.29, 0.717) is 13.1 Å². The maximum Gasteiger partial charge on any atom is 0.265 e. The van der Waals surface area contributed by atoms with Crippen LogP contribution < -0.4 is 4.90 Å². The van der Waals surface area contributed by atoms with E-state index >= 15 is 0 Å². The number of hydrogen-bond donors (Lipinski definition) is 2. The van der Waals surface area contributed by atoms with Gasteiger partial charge in [-0.2, -0.15) is 21.4 Å². The second-order valence-corrected chi connectivity index (χ2v) is 16.6. The first-order valence-corrected chi connectivity index (χ1v) is 19.1. The number of fused-ring (bicyclic) bond motifs is 6. The van der Waals surface area contributed by atoms with Gasteiger partial charge in [0.15, 0.2) is 5.71 Å². The minimum absolute atomic E-state index is 0.260. The van der Waals surface area contributed by atoms with Crippen molar-refractivity contribution < 1.29 is 30.5 Å². The van der Waals surface area contributed by atoms with Crippen molar-refractivity contribution in [2.45, 2.75) is 51.4 Å². The first kappa shape index (κ1) is 33.1. The van der Waals surface area contributed by atoms with E-state index in [-0.39, 0.29) is 24.3 Å². The average molecular weight is 674 g/mol. The summed E-state index contributed by atoms with van der Waals surface area (Å²) < 4.78 is 67.5. The summed E-state index contributed by atoms with van der Waals surface area (Å²) in [6.07, 6.45) is 6.72. The second-order valence-electron chi connectivity index (χ2n) is 13.5.